The van der Waals surface area contributed by atoms with Gasteiger partial charge in [0.15, 0.2) is 0 Å². The first-order chi connectivity index (χ1) is 18.9. The third-order valence-electron chi connectivity index (χ3n) is 7.11. The van der Waals surface area contributed by atoms with Crippen LogP contribution in [0.4, 0.5) is 5.69 Å². The lowest BCUT2D eigenvalue weighted by Gasteiger charge is -2.40. The van der Waals surface area contributed by atoms with Gasteiger partial charge in [0.25, 0.3) is 5.91 Å². The number of benzene rings is 3. The van der Waals surface area contributed by atoms with Crippen LogP contribution in [0.2, 0.25) is 15.1 Å². The van der Waals surface area contributed by atoms with E-state index in [1.807, 2.05) is 53.2 Å². The Morgan fingerprint density at radius 2 is 1.74 bits per heavy atom. The molecule has 1 aromatic heterocycles. The number of hydrogen-bond acceptors (Lipinski definition) is 6. The number of piperidine rings is 1. The number of amides is 1. The Kier molecular flexibility index (Phi) is 7.24. The van der Waals surface area contributed by atoms with E-state index < -0.39 is 5.94 Å². The van der Waals surface area contributed by atoms with Crippen molar-refractivity contribution in [2.75, 3.05) is 5.01 Å². The minimum absolute atomic E-state index is 0.272. The second kappa shape index (κ2) is 10.8. The fraction of sp³-hybridized carbons (Fsp3) is 0.259. The van der Waals surface area contributed by atoms with Gasteiger partial charge in [0.2, 0.25) is 0 Å². The van der Waals surface area contributed by atoms with Gasteiger partial charge in [0.05, 0.1) is 30.1 Å². The maximum absolute atomic E-state index is 13.7. The van der Waals surface area contributed by atoms with E-state index >= 15 is 0 Å². The third-order valence-corrected chi connectivity index (χ3v) is 7.90. The van der Waals surface area contributed by atoms with E-state index in [1.165, 1.54) is 0 Å². The van der Waals surface area contributed by atoms with E-state index in [2.05, 4.69) is 15.7 Å². The molecule has 2 radical (unpaired) electrons. The summed E-state index contributed by atoms with van der Waals surface area (Å²) in [5.74, 6) is -0.736. The molecule has 4 aromatic rings. The van der Waals surface area contributed by atoms with Crippen LogP contribution < -0.4 is 10.4 Å². The average molecular weight is 579 g/mol. The molecule has 1 saturated heterocycles. The highest BCUT2D eigenvalue weighted by molar-refractivity contribution is 6.40. The largest absolute Gasteiger partial charge is 0.282 e. The molecule has 39 heavy (non-hydrogen) atoms. The highest BCUT2D eigenvalue weighted by Crippen LogP contribution is 2.40. The molecule has 0 bridgehead atoms. The lowest BCUT2D eigenvalue weighted by atomic mass is 9.86. The second-order valence-electron chi connectivity index (χ2n) is 9.61. The maximum atomic E-state index is 13.7. The molecule has 2 aliphatic heterocycles. The molecule has 3 unspecified atom stereocenters. The summed E-state index contributed by atoms with van der Waals surface area (Å²) >= 11 is 18.8. The van der Waals surface area contributed by atoms with Crippen LogP contribution in [0.25, 0.3) is 11.0 Å². The molecule has 1 fully saturated rings. The lowest BCUT2D eigenvalue weighted by Crippen LogP contribution is -2.55. The fourth-order valence-corrected chi connectivity index (χ4v) is 5.80. The number of hydrazine groups is 1. The molecule has 196 valence electrons. The highest BCUT2D eigenvalue weighted by atomic mass is 35.5. The van der Waals surface area contributed by atoms with Crippen LogP contribution in [-0.4, -0.2) is 45.4 Å². The van der Waals surface area contributed by atoms with E-state index in [9.17, 15) is 4.79 Å². The Bertz CT molecular complexity index is 1560. The summed E-state index contributed by atoms with van der Waals surface area (Å²) in [6, 6.07) is 20.1. The van der Waals surface area contributed by atoms with Crippen molar-refractivity contribution in [3.63, 3.8) is 0 Å². The number of aromatic nitrogens is 3. The van der Waals surface area contributed by atoms with Gasteiger partial charge in [-0.1, -0.05) is 64.3 Å². The molecule has 1 N–H and O–H groups in total. The Morgan fingerprint density at radius 3 is 2.54 bits per heavy atom. The molecular formula is C27H23BCl3N7O. The molecule has 3 aromatic carbocycles. The number of halogens is 3. The van der Waals surface area contributed by atoms with Gasteiger partial charge in [-0.3, -0.25) is 15.2 Å². The summed E-state index contributed by atoms with van der Waals surface area (Å²) < 4.78 is 1.82. The number of nitrogens with one attached hydrogen (secondary N) is 1. The van der Waals surface area contributed by atoms with Crippen LogP contribution in [0.5, 0.6) is 0 Å². The van der Waals surface area contributed by atoms with Gasteiger partial charge in [0, 0.05) is 16.5 Å². The molecule has 6 rings (SSSR count). The van der Waals surface area contributed by atoms with Gasteiger partial charge in [-0.15, -0.1) is 5.10 Å². The minimum Gasteiger partial charge on any atom is -0.282 e. The number of fused-ring (bicyclic) bond motifs is 1. The number of hydrazone groups is 1. The van der Waals surface area contributed by atoms with E-state index in [0.717, 1.165) is 35.9 Å². The van der Waals surface area contributed by atoms with E-state index in [1.54, 1.807) is 28.2 Å². The summed E-state index contributed by atoms with van der Waals surface area (Å²) in [6.45, 7) is 0. The van der Waals surface area contributed by atoms with Gasteiger partial charge in [0.1, 0.15) is 17.4 Å². The Labute approximate surface area is 241 Å². The molecule has 0 spiro atoms. The van der Waals surface area contributed by atoms with Crippen molar-refractivity contribution in [1.82, 2.24) is 25.4 Å². The number of carbonyl (C=O) groups is 1. The highest BCUT2D eigenvalue weighted by Gasteiger charge is 2.37. The normalized spacial score (nSPS) is 21.8. The Morgan fingerprint density at radius 1 is 0.974 bits per heavy atom. The minimum atomic E-state index is -0.397. The van der Waals surface area contributed by atoms with Crippen molar-refractivity contribution < 1.29 is 4.79 Å². The van der Waals surface area contributed by atoms with Gasteiger partial charge >= 0.3 is 0 Å². The molecule has 3 heterocycles. The predicted molar refractivity (Wildman–Crippen MR) is 155 cm³/mol. The van der Waals surface area contributed by atoms with Crippen molar-refractivity contribution in [2.24, 2.45) is 5.10 Å². The van der Waals surface area contributed by atoms with Crippen molar-refractivity contribution in [1.29, 1.82) is 0 Å². The van der Waals surface area contributed by atoms with Crippen molar-refractivity contribution in [3.05, 3.63) is 87.4 Å². The zero-order valence-electron chi connectivity index (χ0n) is 20.7. The third kappa shape index (κ3) is 5.12. The van der Waals surface area contributed by atoms with Crippen LogP contribution in [0, 0.1) is 0 Å². The predicted octanol–water partition coefficient (Wildman–Crippen LogP) is 5.91. The van der Waals surface area contributed by atoms with Gasteiger partial charge < -0.3 is 0 Å². The Balaban J connectivity index is 1.31. The first-order valence-electron chi connectivity index (χ1n) is 12.6. The maximum Gasteiger partial charge on any atom is 0.281 e. The number of carbonyl (C=O) groups excluding carboxylic acids is 1. The summed E-state index contributed by atoms with van der Waals surface area (Å²) in [5.41, 5.74) is 6.63. The lowest BCUT2D eigenvalue weighted by molar-refractivity contribution is -0.123. The van der Waals surface area contributed by atoms with Gasteiger partial charge in [-0.25, -0.2) is 9.69 Å². The Hall–Kier alpha value is -3.11. The van der Waals surface area contributed by atoms with Crippen LogP contribution in [0.1, 0.15) is 43.5 Å². The molecule has 0 aliphatic carbocycles. The number of nitrogens with zero attached hydrogens (tertiary/aromatic N) is 6. The quantitative estimate of drug-likeness (QED) is 0.298. The zero-order chi connectivity index (χ0) is 27.1. The van der Waals surface area contributed by atoms with Crippen LogP contribution >= 0.6 is 34.8 Å². The molecular weight excluding hydrogens is 556 g/mol. The van der Waals surface area contributed by atoms with Gasteiger partial charge in [-0.05, 0) is 73.2 Å². The molecule has 1 amide bonds. The van der Waals surface area contributed by atoms with Crippen molar-refractivity contribution in [3.8, 4) is 0 Å². The topological polar surface area (TPSA) is 78.6 Å². The summed E-state index contributed by atoms with van der Waals surface area (Å²) in [5, 5.41) is 18.5. The average Bonchev–Trinajstić information content (AvgIpc) is 3.56. The standard InChI is InChI=1S/C27H23BCl3N7O/c28-25-6-3-7-26(37-23-5-2-1-4-20(23)32-35-37)38(25)34-27(39)21-15-24(16-8-10-17(29)11-9-16)36(33-21)22-13-12-18(30)14-19(22)31/h1-2,4-5,8-14,24-26H,3,6-7,15H2,(H,34,39). The van der Waals surface area contributed by atoms with Gasteiger partial charge in [-0.2, -0.15) is 5.10 Å². The molecule has 3 atom stereocenters. The van der Waals surface area contributed by atoms with E-state index in [0.29, 0.717) is 32.9 Å². The zero-order valence-corrected chi connectivity index (χ0v) is 23.0. The van der Waals surface area contributed by atoms with Crippen molar-refractivity contribution in [2.45, 2.75) is 43.8 Å². The van der Waals surface area contributed by atoms with E-state index in [4.69, 9.17) is 47.8 Å². The van der Waals surface area contributed by atoms with Crippen LogP contribution in [-0.2, 0) is 4.79 Å². The summed E-state index contributed by atoms with van der Waals surface area (Å²) in [6.07, 6.45) is 2.45. The number of anilines is 1. The first kappa shape index (κ1) is 26.1. The smallest absolute Gasteiger partial charge is 0.281 e. The molecule has 12 heteroatoms. The van der Waals surface area contributed by atoms with E-state index in [-0.39, 0.29) is 18.1 Å². The summed E-state index contributed by atoms with van der Waals surface area (Å²) in [4.78, 5) is 13.7. The second-order valence-corrected chi connectivity index (χ2v) is 10.9. The SMILES string of the molecule is [B]C1CCCC(n2nnc3ccccc32)N1NC(=O)C1=NN(c2ccc(Cl)cc2Cl)C(c2ccc(Cl)cc2)C1. The number of rotatable bonds is 5. The molecule has 2 aliphatic rings. The first-order valence-corrected chi connectivity index (χ1v) is 13.7. The number of para-hydroxylation sites is 1. The molecule has 0 saturated carbocycles. The van der Waals surface area contributed by atoms with Crippen LogP contribution in [0.3, 0.4) is 0 Å². The van der Waals surface area contributed by atoms with Crippen LogP contribution in [0.15, 0.2) is 71.8 Å². The molecule has 8 nitrogen and oxygen atoms in total. The fourth-order valence-electron chi connectivity index (χ4n) is 5.18. The van der Waals surface area contributed by atoms with Crippen molar-refractivity contribution >= 4 is 71.0 Å². The number of hydrogen-bond donors (Lipinski definition) is 1. The summed E-state index contributed by atoms with van der Waals surface area (Å²) in [7, 11) is 6.51. The monoisotopic (exact) mass is 577 g/mol.